The van der Waals surface area contributed by atoms with Gasteiger partial charge in [-0.25, -0.2) is 9.97 Å². The van der Waals surface area contributed by atoms with Crippen molar-refractivity contribution in [2.45, 2.75) is 27.2 Å². The van der Waals surface area contributed by atoms with Crippen LogP contribution in [0.15, 0.2) is 30.3 Å². The molecule has 1 aromatic carbocycles. The fraction of sp³-hybridized carbons (Fsp3) is 0.375. The van der Waals surface area contributed by atoms with Crippen LogP contribution in [-0.2, 0) is 6.42 Å². The van der Waals surface area contributed by atoms with Gasteiger partial charge in [0, 0.05) is 11.3 Å². The molecule has 0 N–H and O–H groups in total. The smallest absolute Gasteiger partial charge is 0.161 e. The Morgan fingerprint density at radius 3 is 2.45 bits per heavy atom. The molecule has 0 aliphatic carbocycles. The summed E-state index contributed by atoms with van der Waals surface area (Å²) in [5.41, 5.74) is 1.92. The molecule has 0 radical (unpaired) electrons. The zero-order valence-corrected chi connectivity index (χ0v) is 12.8. The second kappa shape index (κ2) is 6.71. The molecule has 0 fully saturated rings. The molecule has 0 amide bonds. The van der Waals surface area contributed by atoms with E-state index < -0.39 is 0 Å². The highest BCUT2D eigenvalue weighted by molar-refractivity contribution is 6.29. The predicted molar refractivity (Wildman–Crippen MR) is 82.2 cm³/mol. The van der Waals surface area contributed by atoms with Crippen LogP contribution in [0.3, 0.4) is 0 Å². The summed E-state index contributed by atoms with van der Waals surface area (Å²) in [7, 11) is 0. The predicted octanol–water partition coefficient (Wildman–Crippen LogP) is 4.39. The minimum Gasteiger partial charge on any atom is -0.494 e. The van der Waals surface area contributed by atoms with Crippen molar-refractivity contribution in [2.24, 2.45) is 5.92 Å². The SMILES string of the molecule is CCOc1ccc(-c2nc(Cl)cc(CC(C)C)n2)cc1. The Kier molecular flexibility index (Phi) is 4.96. The van der Waals surface area contributed by atoms with Gasteiger partial charge in [0.1, 0.15) is 10.9 Å². The van der Waals surface area contributed by atoms with E-state index in [2.05, 4.69) is 23.8 Å². The van der Waals surface area contributed by atoms with Crippen molar-refractivity contribution in [2.75, 3.05) is 6.61 Å². The van der Waals surface area contributed by atoms with Gasteiger partial charge in [0.25, 0.3) is 0 Å². The fourth-order valence-electron chi connectivity index (χ4n) is 1.98. The Labute approximate surface area is 125 Å². The molecule has 2 aromatic rings. The molecule has 0 atom stereocenters. The van der Waals surface area contributed by atoms with Crippen molar-refractivity contribution in [3.63, 3.8) is 0 Å². The summed E-state index contributed by atoms with van der Waals surface area (Å²) in [6, 6.07) is 9.58. The molecule has 106 valence electrons. The molecule has 0 saturated heterocycles. The van der Waals surface area contributed by atoms with E-state index in [1.165, 1.54) is 0 Å². The summed E-state index contributed by atoms with van der Waals surface area (Å²) in [6.07, 6.45) is 0.895. The number of aromatic nitrogens is 2. The molecule has 0 saturated carbocycles. The van der Waals surface area contributed by atoms with Crippen LogP contribution in [0, 0.1) is 5.92 Å². The van der Waals surface area contributed by atoms with E-state index in [1.807, 2.05) is 37.3 Å². The maximum Gasteiger partial charge on any atom is 0.161 e. The largest absolute Gasteiger partial charge is 0.494 e. The highest BCUT2D eigenvalue weighted by Crippen LogP contribution is 2.22. The Hall–Kier alpha value is -1.61. The third kappa shape index (κ3) is 3.94. The van der Waals surface area contributed by atoms with Gasteiger partial charge in [0.05, 0.1) is 6.61 Å². The van der Waals surface area contributed by atoms with Crippen LogP contribution in [0.25, 0.3) is 11.4 Å². The first-order chi connectivity index (χ1) is 9.58. The molecule has 0 unspecified atom stereocenters. The standard InChI is InChI=1S/C16H19ClN2O/c1-4-20-14-7-5-12(6-8-14)16-18-13(9-11(2)3)10-15(17)19-16/h5-8,10-11H,4,9H2,1-3H3. The van der Waals surface area contributed by atoms with Crippen molar-refractivity contribution in [1.82, 2.24) is 9.97 Å². The Morgan fingerprint density at radius 1 is 1.15 bits per heavy atom. The second-order valence-electron chi connectivity index (χ2n) is 5.06. The molecule has 1 heterocycles. The lowest BCUT2D eigenvalue weighted by Gasteiger charge is -2.08. The molecule has 1 aromatic heterocycles. The fourth-order valence-corrected chi connectivity index (χ4v) is 2.19. The summed E-state index contributed by atoms with van der Waals surface area (Å²) >= 11 is 6.09. The van der Waals surface area contributed by atoms with E-state index in [9.17, 15) is 0 Å². The number of hydrogen-bond donors (Lipinski definition) is 0. The highest BCUT2D eigenvalue weighted by Gasteiger charge is 2.07. The zero-order chi connectivity index (χ0) is 14.5. The van der Waals surface area contributed by atoms with Crippen molar-refractivity contribution in [3.8, 4) is 17.1 Å². The molecule has 4 heteroatoms. The number of benzene rings is 1. The van der Waals surface area contributed by atoms with Gasteiger partial charge in [-0.2, -0.15) is 0 Å². The number of ether oxygens (including phenoxy) is 1. The van der Waals surface area contributed by atoms with Crippen LogP contribution >= 0.6 is 11.6 Å². The quantitative estimate of drug-likeness (QED) is 0.766. The number of hydrogen-bond acceptors (Lipinski definition) is 3. The maximum atomic E-state index is 6.09. The normalized spacial score (nSPS) is 10.8. The van der Waals surface area contributed by atoms with Gasteiger partial charge >= 0.3 is 0 Å². The van der Waals surface area contributed by atoms with Crippen LogP contribution in [0.4, 0.5) is 0 Å². The minimum atomic E-state index is 0.486. The summed E-state index contributed by atoms with van der Waals surface area (Å²) < 4.78 is 5.43. The van der Waals surface area contributed by atoms with Gasteiger partial charge in [-0.3, -0.25) is 0 Å². The Bertz CT molecular complexity index is 567. The van der Waals surface area contributed by atoms with Gasteiger partial charge in [0.2, 0.25) is 0 Å². The number of halogens is 1. The molecule has 0 bridgehead atoms. The third-order valence-electron chi connectivity index (χ3n) is 2.79. The van der Waals surface area contributed by atoms with E-state index in [-0.39, 0.29) is 0 Å². The van der Waals surface area contributed by atoms with Gasteiger partial charge in [0.15, 0.2) is 5.82 Å². The highest BCUT2D eigenvalue weighted by atomic mass is 35.5. The van der Waals surface area contributed by atoms with Gasteiger partial charge < -0.3 is 4.74 Å². The first-order valence-electron chi connectivity index (χ1n) is 6.85. The van der Waals surface area contributed by atoms with Gasteiger partial charge in [-0.1, -0.05) is 25.4 Å². The lowest BCUT2D eigenvalue weighted by atomic mass is 10.1. The first kappa shape index (κ1) is 14.8. The average molecular weight is 291 g/mol. The molecule has 2 rings (SSSR count). The lowest BCUT2D eigenvalue weighted by Crippen LogP contribution is -2.00. The molecule has 0 spiro atoms. The number of rotatable bonds is 5. The van der Waals surface area contributed by atoms with E-state index in [1.54, 1.807) is 0 Å². The van der Waals surface area contributed by atoms with Crippen LogP contribution < -0.4 is 4.74 Å². The first-order valence-corrected chi connectivity index (χ1v) is 7.23. The van der Waals surface area contributed by atoms with Crippen molar-refractivity contribution >= 4 is 11.6 Å². The van der Waals surface area contributed by atoms with Crippen LogP contribution in [0.1, 0.15) is 26.5 Å². The zero-order valence-electron chi connectivity index (χ0n) is 12.1. The molecule has 3 nitrogen and oxygen atoms in total. The molecular weight excluding hydrogens is 272 g/mol. The van der Waals surface area contributed by atoms with E-state index in [0.717, 1.165) is 23.4 Å². The van der Waals surface area contributed by atoms with Gasteiger partial charge in [-0.15, -0.1) is 0 Å². The molecule has 0 aliphatic rings. The monoisotopic (exact) mass is 290 g/mol. The topological polar surface area (TPSA) is 35.0 Å². The maximum absolute atomic E-state index is 6.09. The molecular formula is C16H19ClN2O. The molecule has 20 heavy (non-hydrogen) atoms. The van der Waals surface area contributed by atoms with E-state index in [0.29, 0.717) is 23.5 Å². The van der Waals surface area contributed by atoms with E-state index in [4.69, 9.17) is 16.3 Å². The summed E-state index contributed by atoms with van der Waals surface area (Å²) in [5, 5.41) is 0.486. The van der Waals surface area contributed by atoms with Crippen molar-refractivity contribution in [1.29, 1.82) is 0 Å². The average Bonchev–Trinajstić information content (AvgIpc) is 2.38. The van der Waals surface area contributed by atoms with E-state index >= 15 is 0 Å². The van der Waals surface area contributed by atoms with Crippen molar-refractivity contribution < 1.29 is 4.74 Å². The minimum absolute atomic E-state index is 0.486. The summed E-state index contributed by atoms with van der Waals surface area (Å²) in [6.45, 7) is 6.94. The summed E-state index contributed by atoms with van der Waals surface area (Å²) in [4.78, 5) is 8.88. The van der Waals surface area contributed by atoms with Gasteiger partial charge in [-0.05, 0) is 49.6 Å². The second-order valence-corrected chi connectivity index (χ2v) is 5.45. The molecule has 0 aliphatic heterocycles. The van der Waals surface area contributed by atoms with Crippen LogP contribution in [0.2, 0.25) is 5.15 Å². The third-order valence-corrected chi connectivity index (χ3v) is 2.98. The van der Waals surface area contributed by atoms with Crippen LogP contribution in [-0.4, -0.2) is 16.6 Å². The Balaban J connectivity index is 2.29. The Morgan fingerprint density at radius 2 is 1.85 bits per heavy atom. The van der Waals surface area contributed by atoms with Crippen molar-refractivity contribution in [3.05, 3.63) is 41.2 Å². The summed E-state index contributed by atoms with van der Waals surface area (Å²) in [5.74, 6) is 2.05. The number of nitrogens with zero attached hydrogens (tertiary/aromatic N) is 2. The van der Waals surface area contributed by atoms with Crippen LogP contribution in [0.5, 0.6) is 5.75 Å². The lowest BCUT2D eigenvalue weighted by molar-refractivity contribution is 0.340.